The number of nitrogens with two attached hydrogens (primary N) is 1. The Hall–Kier alpha value is -0.960. The number of pyridine rings is 1. The molecule has 13 heavy (non-hydrogen) atoms. The minimum Gasteiger partial charge on any atom is -0.330 e. The Bertz CT molecular complexity index is 284. The summed E-state index contributed by atoms with van der Waals surface area (Å²) in [5.41, 5.74) is 6.28. The van der Waals surface area contributed by atoms with Gasteiger partial charge < -0.3 is 5.73 Å². The second-order valence-electron chi connectivity index (χ2n) is 3.81. The second-order valence-corrected chi connectivity index (χ2v) is 3.81. The van der Waals surface area contributed by atoms with E-state index >= 15 is 0 Å². The molecule has 1 heterocycles. The van der Waals surface area contributed by atoms with E-state index in [-0.39, 0.29) is 11.2 Å². The van der Waals surface area contributed by atoms with Gasteiger partial charge in [-0.1, -0.05) is 13.8 Å². The highest BCUT2D eigenvalue weighted by molar-refractivity contribution is 5.20. The zero-order valence-electron chi connectivity index (χ0n) is 8.05. The van der Waals surface area contributed by atoms with Crippen molar-refractivity contribution in [3.63, 3.8) is 0 Å². The van der Waals surface area contributed by atoms with Crippen LogP contribution < -0.4 is 5.73 Å². The first-order valence-corrected chi connectivity index (χ1v) is 4.37. The van der Waals surface area contributed by atoms with Crippen molar-refractivity contribution in [2.75, 3.05) is 6.54 Å². The summed E-state index contributed by atoms with van der Waals surface area (Å²) in [6.07, 6.45) is 3.74. The van der Waals surface area contributed by atoms with Gasteiger partial charge in [0, 0.05) is 6.20 Å². The first-order chi connectivity index (χ1) is 6.06. The Kier molecular flexibility index (Phi) is 2.98. The molecule has 72 valence electrons. The van der Waals surface area contributed by atoms with E-state index in [0.717, 1.165) is 12.0 Å². The molecule has 0 amide bonds. The third-order valence-corrected chi connectivity index (χ3v) is 2.26. The molecule has 0 saturated heterocycles. The van der Waals surface area contributed by atoms with Gasteiger partial charge in [0.15, 0.2) is 0 Å². The Morgan fingerprint density at radius 2 is 2.15 bits per heavy atom. The molecule has 0 fully saturated rings. The number of nitrogens with zero attached hydrogens (tertiary/aromatic N) is 1. The molecule has 1 rings (SSSR count). The maximum Gasteiger partial charge on any atom is 0.141 e. The van der Waals surface area contributed by atoms with Crippen LogP contribution in [0, 0.1) is 5.82 Å². The lowest BCUT2D eigenvalue weighted by Crippen LogP contribution is -2.22. The fourth-order valence-electron chi connectivity index (χ4n) is 1.29. The van der Waals surface area contributed by atoms with E-state index in [1.165, 1.54) is 12.3 Å². The molecule has 3 heteroatoms. The molecule has 0 aliphatic heterocycles. The fraction of sp³-hybridized carbons (Fsp3) is 0.500. The van der Waals surface area contributed by atoms with Crippen LogP contribution in [0.1, 0.15) is 25.8 Å². The summed E-state index contributed by atoms with van der Waals surface area (Å²) in [5.74, 6) is -0.289. The first kappa shape index (κ1) is 10.1. The SMILES string of the molecule is CC(C)(CCN)c1cncc(F)c1. The van der Waals surface area contributed by atoms with E-state index in [1.54, 1.807) is 6.20 Å². The van der Waals surface area contributed by atoms with Crippen LogP contribution in [0.5, 0.6) is 0 Å². The zero-order chi connectivity index (χ0) is 9.90. The van der Waals surface area contributed by atoms with Crippen LogP contribution in [0.4, 0.5) is 4.39 Å². The molecule has 0 aliphatic carbocycles. The lowest BCUT2D eigenvalue weighted by molar-refractivity contribution is 0.480. The molecule has 0 saturated carbocycles. The molecule has 2 N–H and O–H groups in total. The van der Waals surface area contributed by atoms with Gasteiger partial charge in [-0.15, -0.1) is 0 Å². The van der Waals surface area contributed by atoms with Crippen LogP contribution in [0.15, 0.2) is 18.5 Å². The topological polar surface area (TPSA) is 38.9 Å². The standard InChI is InChI=1S/C10H15FN2/c1-10(2,3-4-12)8-5-9(11)7-13-6-8/h5-7H,3-4,12H2,1-2H3. The lowest BCUT2D eigenvalue weighted by atomic mass is 9.82. The minimum absolute atomic E-state index is 0.0934. The average molecular weight is 182 g/mol. The van der Waals surface area contributed by atoms with Crippen LogP contribution in [0.3, 0.4) is 0 Å². The molecule has 1 aromatic rings. The van der Waals surface area contributed by atoms with E-state index in [2.05, 4.69) is 4.98 Å². The quantitative estimate of drug-likeness (QED) is 0.774. The third-order valence-electron chi connectivity index (χ3n) is 2.26. The predicted molar refractivity (Wildman–Crippen MR) is 50.9 cm³/mol. The Morgan fingerprint density at radius 3 is 2.69 bits per heavy atom. The molecular formula is C10H15FN2. The monoisotopic (exact) mass is 182 g/mol. The molecular weight excluding hydrogens is 167 g/mol. The van der Waals surface area contributed by atoms with Gasteiger partial charge in [-0.25, -0.2) is 4.39 Å². The molecule has 0 unspecified atom stereocenters. The molecule has 0 spiro atoms. The Labute approximate surface area is 78.0 Å². The average Bonchev–Trinajstić information content (AvgIpc) is 2.04. The van der Waals surface area contributed by atoms with Gasteiger partial charge in [-0.2, -0.15) is 0 Å². The van der Waals surface area contributed by atoms with Crippen LogP contribution >= 0.6 is 0 Å². The number of hydrogen-bond donors (Lipinski definition) is 1. The summed E-state index contributed by atoms with van der Waals surface area (Å²) in [5, 5.41) is 0. The molecule has 1 aromatic heterocycles. The summed E-state index contributed by atoms with van der Waals surface area (Å²) in [6.45, 7) is 4.68. The molecule has 0 radical (unpaired) electrons. The van der Waals surface area contributed by atoms with Crippen LogP contribution in [0.2, 0.25) is 0 Å². The van der Waals surface area contributed by atoms with E-state index in [1.807, 2.05) is 13.8 Å². The molecule has 0 bridgehead atoms. The summed E-state index contributed by atoms with van der Waals surface area (Å²) >= 11 is 0. The van der Waals surface area contributed by atoms with Crippen molar-refractivity contribution < 1.29 is 4.39 Å². The minimum atomic E-state index is -0.289. The Morgan fingerprint density at radius 1 is 1.46 bits per heavy atom. The van der Waals surface area contributed by atoms with Gasteiger partial charge >= 0.3 is 0 Å². The highest BCUT2D eigenvalue weighted by Crippen LogP contribution is 2.25. The van der Waals surface area contributed by atoms with Crippen LogP contribution in [0.25, 0.3) is 0 Å². The second kappa shape index (κ2) is 3.83. The van der Waals surface area contributed by atoms with E-state index in [9.17, 15) is 4.39 Å². The maximum atomic E-state index is 12.8. The summed E-state index contributed by atoms with van der Waals surface area (Å²) < 4.78 is 12.8. The summed E-state index contributed by atoms with van der Waals surface area (Å²) in [4.78, 5) is 3.82. The highest BCUT2D eigenvalue weighted by Gasteiger charge is 2.20. The van der Waals surface area contributed by atoms with Crippen molar-refractivity contribution in [2.24, 2.45) is 5.73 Å². The summed E-state index contributed by atoms with van der Waals surface area (Å²) in [7, 11) is 0. The number of hydrogen-bond acceptors (Lipinski definition) is 2. The first-order valence-electron chi connectivity index (χ1n) is 4.37. The fourth-order valence-corrected chi connectivity index (χ4v) is 1.29. The smallest absolute Gasteiger partial charge is 0.141 e. The van der Waals surface area contributed by atoms with Gasteiger partial charge in [-0.3, -0.25) is 4.98 Å². The number of halogens is 1. The van der Waals surface area contributed by atoms with Gasteiger partial charge in [-0.05, 0) is 30.0 Å². The van der Waals surface area contributed by atoms with E-state index in [0.29, 0.717) is 6.54 Å². The maximum absolute atomic E-state index is 12.8. The normalized spacial score (nSPS) is 11.7. The van der Waals surface area contributed by atoms with Crippen molar-refractivity contribution >= 4 is 0 Å². The predicted octanol–water partition coefficient (Wildman–Crippen LogP) is 1.85. The van der Waals surface area contributed by atoms with Crippen molar-refractivity contribution in [3.05, 3.63) is 29.8 Å². The summed E-state index contributed by atoms with van der Waals surface area (Å²) in [6, 6.07) is 1.52. The lowest BCUT2D eigenvalue weighted by Gasteiger charge is -2.23. The molecule has 0 aromatic carbocycles. The largest absolute Gasteiger partial charge is 0.330 e. The number of rotatable bonds is 3. The number of aromatic nitrogens is 1. The van der Waals surface area contributed by atoms with Crippen molar-refractivity contribution in [2.45, 2.75) is 25.7 Å². The van der Waals surface area contributed by atoms with Gasteiger partial charge in [0.1, 0.15) is 5.82 Å². The van der Waals surface area contributed by atoms with Crippen molar-refractivity contribution in [1.29, 1.82) is 0 Å². The van der Waals surface area contributed by atoms with E-state index in [4.69, 9.17) is 5.73 Å². The van der Waals surface area contributed by atoms with Crippen LogP contribution in [-0.4, -0.2) is 11.5 Å². The van der Waals surface area contributed by atoms with Gasteiger partial charge in [0.05, 0.1) is 6.20 Å². The van der Waals surface area contributed by atoms with Crippen molar-refractivity contribution in [1.82, 2.24) is 4.98 Å². The third kappa shape index (κ3) is 2.49. The molecule has 2 nitrogen and oxygen atoms in total. The van der Waals surface area contributed by atoms with Gasteiger partial charge in [0.25, 0.3) is 0 Å². The molecule has 0 aliphatic rings. The van der Waals surface area contributed by atoms with Gasteiger partial charge in [0.2, 0.25) is 0 Å². The Balaban J connectivity index is 2.93. The van der Waals surface area contributed by atoms with Crippen LogP contribution in [-0.2, 0) is 5.41 Å². The molecule has 0 atom stereocenters. The zero-order valence-corrected chi connectivity index (χ0v) is 8.05. The highest BCUT2D eigenvalue weighted by atomic mass is 19.1. The van der Waals surface area contributed by atoms with Crippen molar-refractivity contribution in [3.8, 4) is 0 Å². The van der Waals surface area contributed by atoms with E-state index < -0.39 is 0 Å².